The summed E-state index contributed by atoms with van der Waals surface area (Å²) in [5, 5.41) is 5.73. The standard InChI is InChI=1S/C13H12BrN3O/c14-10-4-6-11(7-5-10)17-13(18)9-16-12-3-1-2-8-15-12/h1-8H,9H2,(H,15,16)(H,17,18). The Hall–Kier alpha value is -1.88. The van der Waals surface area contributed by atoms with Crippen molar-refractivity contribution in [2.75, 3.05) is 17.2 Å². The SMILES string of the molecule is O=C(CNc1ccccn1)Nc1ccc(Br)cc1. The number of anilines is 2. The lowest BCUT2D eigenvalue weighted by Crippen LogP contribution is -2.22. The zero-order valence-corrected chi connectivity index (χ0v) is 11.1. The van der Waals surface area contributed by atoms with Gasteiger partial charge in [-0.2, -0.15) is 0 Å². The summed E-state index contributed by atoms with van der Waals surface area (Å²) in [4.78, 5) is 15.7. The number of halogens is 1. The van der Waals surface area contributed by atoms with E-state index < -0.39 is 0 Å². The highest BCUT2D eigenvalue weighted by atomic mass is 79.9. The summed E-state index contributed by atoms with van der Waals surface area (Å²) in [5.41, 5.74) is 0.769. The van der Waals surface area contributed by atoms with Gasteiger partial charge in [0.05, 0.1) is 6.54 Å². The van der Waals surface area contributed by atoms with E-state index >= 15 is 0 Å². The van der Waals surface area contributed by atoms with Crippen LogP contribution in [0.25, 0.3) is 0 Å². The predicted octanol–water partition coefficient (Wildman–Crippen LogP) is 2.89. The van der Waals surface area contributed by atoms with Crippen LogP contribution in [0.15, 0.2) is 53.1 Å². The normalized spacial score (nSPS) is 9.83. The molecule has 1 aromatic heterocycles. The minimum absolute atomic E-state index is 0.108. The molecule has 1 heterocycles. The molecule has 0 atom stereocenters. The van der Waals surface area contributed by atoms with Crippen LogP contribution in [0.1, 0.15) is 0 Å². The molecule has 1 aromatic carbocycles. The Bertz CT molecular complexity index is 514. The summed E-state index contributed by atoms with van der Waals surface area (Å²) in [7, 11) is 0. The molecule has 0 aliphatic carbocycles. The summed E-state index contributed by atoms with van der Waals surface area (Å²) in [6.45, 7) is 0.188. The Morgan fingerprint density at radius 2 is 1.94 bits per heavy atom. The lowest BCUT2D eigenvalue weighted by molar-refractivity contribution is -0.114. The molecule has 0 aliphatic rings. The number of aromatic nitrogens is 1. The van der Waals surface area contributed by atoms with Crippen LogP contribution in [0, 0.1) is 0 Å². The monoisotopic (exact) mass is 305 g/mol. The molecule has 0 saturated heterocycles. The van der Waals surface area contributed by atoms with Gasteiger partial charge < -0.3 is 10.6 Å². The number of hydrogen-bond donors (Lipinski definition) is 2. The van der Waals surface area contributed by atoms with E-state index in [9.17, 15) is 4.79 Å². The molecule has 0 aliphatic heterocycles. The van der Waals surface area contributed by atoms with Gasteiger partial charge in [-0.25, -0.2) is 4.98 Å². The number of carbonyl (C=O) groups is 1. The van der Waals surface area contributed by atoms with E-state index in [-0.39, 0.29) is 12.5 Å². The molecular weight excluding hydrogens is 294 g/mol. The van der Waals surface area contributed by atoms with Gasteiger partial charge in [-0.15, -0.1) is 0 Å². The van der Waals surface area contributed by atoms with Crippen molar-refractivity contribution in [2.45, 2.75) is 0 Å². The molecule has 0 unspecified atom stereocenters. The highest BCUT2D eigenvalue weighted by molar-refractivity contribution is 9.10. The van der Waals surface area contributed by atoms with Crippen molar-refractivity contribution in [2.24, 2.45) is 0 Å². The molecule has 0 spiro atoms. The van der Waals surface area contributed by atoms with Crippen molar-refractivity contribution in [1.29, 1.82) is 0 Å². The van der Waals surface area contributed by atoms with Gasteiger partial charge in [0.15, 0.2) is 0 Å². The molecule has 5 heteroatoms. The third kappa shape index (κ3) is 3.85. The van der Waals surface area contributed by atoms with Crippen molar-refractivity contribution in [3.05, 3.63) is 53.1 Å². The second kappa shape index (κ2) is 6.16. The maximum absolute atomic E-state index is 11.7. The first kappa shape index (κ1) is 12.6. The first-order valence-electron chi connectivity index (χ1n) is 5.44. The molecular formula is C13H12BrN3O. The van der Waals surface area contributed by atoms with Gasteiger partial charge in [0.1, 0.15) is 5.82 Å². The van der Waals surface area contributed by atoms with Crippen LogP contribution in [0.3, 0.4) is 0 Å². The van der Waals surface area contributed by atoms with Crippen molar-refractivity contribution in [1.82, 2.24) is 4.98 Å². The minimum Gasteiger partial charge on any atom is -0.361 e. The van der Waals surface area contributed by atoms with Crippen molar-refractivity contribution in [3.8, 4) is 0 Å². The summed E-state index contributed by atoms with van der Waals surface area (Å²) in [6.07, 6.45) is 1.68. The highest BCUT2D eigenvalue weighted by Gasteiger charge is 2.02. The quantitative estimate of drug-likeness (QED) is 0.913. The molecule has 2 aromatic rings. The zero-order chi connectivity index (χ0) is 12.8. The van der Waals surface area contributed by atoms with Crippen LogP contribution in [0.2, 0.25) is 0 Å². The van der Waals surface area contributed by atoms with Crippen LogP contribution in [-0.2, 0) is 4.79 Å². The van der Waals surface area contributed by atoms with Crippen LogP contribution in [-0.4, -0.2) is 17.4 Å². The fourth-order valence-corrected chi connectivity index (χ4v) is 1.64. The van der Waals surface area contributed by atoms with Gasteiger partial charge in [-0.1, -0.05) is 22.0 Å². The van der Waals surface area contributed by atoms with E-state index in [4.69, 9.17) is 0 Å². The third-order valence-corrected chi connectivity index (χ3v) is 2.75. The molecule has 92 valence electrons. The largest absolute Gasteiger partial charge is 0.361 e. The summed E-state index contributed by atoms with van der Waals surface area (Å²) >= 11 is 3.34. The smallest absolute Gasteiger partial charge is 0.243 e. The van der Waals surface area contributed by atoms with Crippen molar-refractivity contribution < 1.29 is 4.79 Å². The third-order valence-electron chi connectivity index (χ3n) is 2.22. The number of benzene rings is 1. The second-order valence-corrected chi connectivity index (χ2v) is 4.54. The topological polar surface area (TPSA) is 54.0 Å². The zero-order valence-electron chi connectivity index (χ0n) is 9.56. The molecule has 1 amide bonds. The maximum atomic E-state index is 11.7. The van der Waals surface area contributed by atoms with Gasteiger partial charge in [-0.05, 0) is 36.4 Å². The summed E-state index contributed by atoms with van der Waals surface area (Å²) in [5.74, 6) is 0.575. The summed E-state index contributed by atoms with van der Waals surface area (Å²) < 4.78 is 0.979. The van der Waals surface area contributed by atoms with E-state index in [1.807, 2.05) is 42.5 Å². The summed E-state index contributed by atoms with van der Waals surface area (Å²) in [6, 6.07) is 12.9. The molecule has 2 rings (SSSR count). The number of nitrogens with zero attached hydrogens (tertiary/aromatic N) is 1. The number of pyridine rings is 1. The van der Waals surface area contributed by atoms with Crippen LogP contribution >= 0.6 is 15.9 Å². The maximum Gasteiger partial charge on any atom is 0.243 e. The minimum atomic E-state index is -0.108. The average Bonchev–Trinajstić information content (AvgIpc) is 2.40. The van der Waals surface area contributed by atoms with Gasteiger partial charge in [-0.3, -0.25) is 4.79 Å². The first-order valence-corrected chi connectivity index (χ1v) is 6.24. The molecule has 0 saturated carbocycles. The van der Waals surface area contributed by atoms with Gasteiger partial charge >= 0.3 is 0 Å². The van der Waals surface area contributed by atoms with Crippen LogP contribution in [0.4, 0.5) is 11.5 Å². The van der Waals surface area contributed by atoms with Crippen molar-refractivity contribution >= 4 is 33.3 Å². The number of nitrogens with one attached hydrogen (secondary N) is 2. The van der Waals surface area contributed by atoms with Crippen molar-refractivity contribution in [3.63, 3.8) is 0 Å². The van der Waals surface area contributed by atoms with Crippen LogP contribution in [0.5, 0.6) is 0 Å². The molecule has 0 bridgehead atoms. The lowest BCUT2D eigenvalue weighted by Gasteiger charge is -2.07. The first-order chi connectivity index (χ1) is 8.74. The fraction of sp³-hybridized carbons (Fsp3) is 0.0769. The second-order valence-electron chi connectivity index (χ2n) is 3.62. The van der Waals surface area contributed by atoms with Gasteiger partial charge in [0.25, 0.3) is 0 Å². The van der Waals surface area contributed by atoms with Gasteiger partial charge in [0.2, 0.25) is 5.91 Å². The lowest BCUT2D eigenvalue weighted by atomic mass is 10.3. The Labute approximate surface area is 114 Å². The highest BCUT2D eigenvalue weighted by Crippen LogP contribution is 2.13. The molecule has 2 N–H and O–H groups in total. The Balaban J connectivity index is 1.84. The van der Waals surface area contributed by atoms with E-state index in [0.29, 0.717) is 5.82 Å². The van der Waals surface area contributed by atoms with E-state index in [2.05, 4.69) is 31.5 Å². The molecule has 0 radical (unpaired) electrons. The Morgan fingerprint density at radius 1 is 1.17 bits per heavy atom. The predicted molar refractivity (Wildman–Crippen MR) is 75.5 cm³/mol. The average molecular weight is 306 g/mol. The fourth-order valence-electron chi connectivity index (χ4n) is 1.38. The molecule has 4 nitrogen and oxygen atoms in total. The number of hydrogen-bond acceptors (Lipinski definition) is 3. The number of rotatable bonds is 4. The number of carbonyl (C=O) groups excluding carboxylic acids is 1. The van der Waals surface area contributed by atoms with E-state index in [1.54, 1.807) is 6.20 Å². The van der Waals surface area contributed by atoms with E-state index in [0.717, 1.165) is 10.2 Å². The molecule has 0 fully saturated rings. The van der Waals surface area contributed by atoms with Gasteiger partial charge in [0, 0.05) is 16.4 Å². The molecule has 18 heavy (non-hydrogen) atoms. The van der Waals surface area contributed by atoms with E-state index in [1.165, 1.54) is 0 Å². The Kier molecular flexibility index (Phi) is 4.30. The van der Waals surface area contributed by atoms with Crippen LogP contribution < -0.4 is 10.6 Å². The number of amides is 1. The Morgan fingerprint density at radius 3 is 2.61 bits per heavy atom.